The van der Waals surface area contributed by atoms with Crippen LogP contribution in [0, 0.1) is 11.8 Å². The summed E-state index contributed by atoms with van der Waals surface area (Å²) in [6, 6.07) is 0. The first-order chi connectivity index (χ1) is 7.97. The molecule has 0 aliphatic carbocycles. The van der Waals surface area contributed by atoms with Gasteiger partial charge < -0.3 is 15.5 Å². The van der Waals surface area contributed by atoms with Gasteiger partial charge in [-0.25, -0.2) is 0 Å². The van der Waals surface area contributed by atoms with E-state index in [1.807, 2.05) is 13.8 Å². The van der Waals surface area contributed by atoms with Crippen LogP contribution in [0.4, 0.5) is 0 Å². The van der Waals surface area contributed by atoms with Crippen LogP contribution >= 0.6 is 0 Å². The highest BCUT2D eigenvalue weighted by Gasteiger charge is 2.29. The van der Waals surface area contributed by atoms with Crippen LogP contribution in [-0.4, -0.2) is 54.8 Å². The summed E-state index contributed by atoms with van der Waals surface area (Å²) in [4.78, 5) is 27.3. The van der Waals surface area contributed by atoms with Crippen molar-refractivity contribution in [3.63, 3.8) is 0 Å². The smallest absolute Gasteiger partial charge is 0.241 e. The lowest BCUT2D eigenvalue weighted by molar-refractivity contribution is -0.141. The van der Waals surface area contributed by atoms with Crippen LogP contribution in [0.5, 0.6) is 0 Å². The van der Waals surface area contributed by atoms with Crippen LogP contribution < -0.4 is 5.73 Å². The Kier molecular flexibility index (Phi) is 4.93. The molecular formula is C12H23N3O2. The molecule has 0 saturated carbocycles. The fourth-order valence-electron chi connectivity index (χ4n) is 2.07. The Morgan fingerprint density at radius 3 is 2.59 bits per heavy atom. The SMILES string of the molecule is CC(C)C(CN)C(=O)N1CCCN(C)C(=O)C1. The van der Waals surface area contributed by atoms with Crippen LogP contribution in [0.15, 0.2) is 0 Å². The second-order valence-corrected chi connectivity index (χ2v) is 5.01. The van der Waals surface area contributed by atoms with Gasteiger partial charge in [-0.1, -0.05) is 13.8 Å². The molecule has 0 aromatic rings. The number of carbonyl (C=O) groups is 2. The van der Waals surface area contributed by atoms with Gasteiger partial charge in [0.25, 0.3) is 0 Å². The van der Waals surface area contributed by atoms with Crippen molar-refractivity contribution in [1.82, 2.24) is 9.80 Å². The first-order valence-corrected chi connectivity index (χ1v) is 6.20. The maximum Gasteiger partial charge on any atom is 0.241 e. The van der Waals surface area contributed by atoms with Crippen molar-refractivity contribution in [2.45, 2.75) is 20.3 Å². The molecule has 1 aliphatic rings. The van der Waals surface area contributed by atoms with E-state index in [1.165, 1.54) is 0 Å². The van der Waals surface area contributed by atoms with Crippen molar-refractivity contribution in [3.05, 3.63) is 0 Å². The Balaban J connectivity index is 2.71. The minimum absolute atomic E-state index is 0.00961. The Morgan fingerprint density at radius 2 is 2.06 bits per heavy atom. The normalized spacial score (nSPS) is 19.5. The topological polar surface area (TPSA) is 66.6 Å². The first kappa shape index (κ1) is 14.0. The van der Waals surface area contributed by atoms with Gasteiger partial charge in [0.1, 0.15) is 0 Å². The van der Waals surface area contributed by atoms with Crippen molar-refractivity contribution in [3.8, 4) is 0 Å². The van der Waals surface area contributed by atoms with E-state index in [-0.39, 0.29) is 30.2 Å². The van der Waals surface area contributed by atoms with E-state index in [0.717, 1.165) is 13.0 Å². The molecule has 0 bridgehead atoms. The average molecular weight is 241 g/mol. The van der Waals surface area contributed by atoms with Gasteiger partial charge in [0.15, 0.2) is 0 Å². The maximum atomic E-state index is 12.3. The Hall–Kier alpha value is -1.10. The molecule has 2 amide bonds. The third-order valence-electron chi connectivity index (χ3n) is 3.36. The van der Waals surface area contributed by atoms with Gasteiger partial charge in [-0.05, 0) is 12.3 Å². The zero-order chi connectivity index (χ0) is 13.0. The molecule has 1 fully saturated rings. The highest BCUT2D eigenvalue weighted by molar-refractivity contribution is 5.86. The number of hydrogen-bond acceptors (Lipinski definition) is 3. The number of carbonyl (C=O) groups excluding carboxylic acids is 2. The molecule has 98 valence electrons. The maximum absolute atomic E-state index is 12.3. The molecule has 0 aromatic carbocycles. The summed E-state index contributed by atoms with van der Waals surface area (Å²) in [5.74, 6) is 0.0660. The van der Waals surface area contributed by atoms with E-state index in [2.05, 4.69) is 0 Å². The second-order valence-electron chi connectivity index (χ2n) is 5.01. The van der Waals surface area contributed by atoms with Crippen molar-refractivity contribution < 1.29 is 9.59 Å². The molecular weight excluding hydrogens is 218 g/mol. The molecule has 0 aromatic heterocycles. The third kappa shape index (κ3) is 3.43. The van der Waals surface area contributed by atoms with Crippen molar-refractivity contribution in [2.75, 3.05) is 33.2 Å². The van der Waals surface area contributed by atoms with Crippen LogP contribution in [0.25, 0.3) is 0 Å². The lowest BCUT2D eigenvalue weighted by atomic mass is 9.94. The molecule has 5 heteroatoms. The number of nitrogens with zero attached hydrogens (tertiary/aromatic N) is 2. The van der Waals surface area contributed by atoms with Gasteiger partial charge in [0.2, 0.25) is 11.8 Å². The van der Waals surface area contributed by atoms with E-state index in [1.54, 1.807) is 16.8 Å². The highest BCUT2D eigenvalue weighted by Crippen LogP contribution is 2.14. The fraction of sp³-hybridized carbons (Fsp3) is 0.833. The van der Waals surface area contributed by atoms with Crippen molar-refractivity contribution in [2.24, 2.45) is 17.6 Å². The summed E-state index contributed by atoms with van der Waals surface area (Å²) in [6.45, 7) is 5.88. The van der Waals surface area contributed by atoms with Gasteiger partial charge in [-0.2, -0.15) is 0 Å². The first-order valence-electron chi connectivity index (χ1n) is 6.20. The average Bonchev–Trinajstić information content (AvgIpc) is 2.42. The summed E-state index contributed by atoms with van der Waals surface area (Å²) >= 11 is 0. The predicted molar refractivity (Wildman–Crippen MR) is 66.2 cm³/mol. The Morgan fingerprint density at radius 1 is 1.41 bits per heavy atom. The van der Waals surface area contributed by atoms with E-state index in [4.69, 9.17) is 5.73 Å². The number of rotatable bonds is 3. The number of hydrogen-bond donors (Lipinski definition) is 1. The number of amides is 2. The zero-order valence-corrected chi connectivity index (χ0v) is 11.0. The lowest BCUT2D eigenvalue weighted by Crippen LogP contribution is -2.44. The third-order valence-corrected chi connectivity index (χ3v) is 3.36. The molecule has 5 nitrogen and oxygen atoms in total. The van der Waals surface area contributed by atoms with Crippen LogP contribution in [-0.2, 0) is 9.59 Å². The minimum atomic E-state index is -0.175. The quantitative estimate of drug-likeness (QED) is 0.751. The number of likely N-dealkylation sites (N-methyl/N-ethyl adjacent to an activating group) is 1. The summed E-state index contributed by atoms with van der Waals surface area (Å²) in [6.07, 6.45) is 0.837. The lowest BCUT2D eigenvalue weighted by Gasteiger charge is -2.26. The molecule has 1 saturated heterocycles. The van der Waals surface area contributed by atoms with E-state index < -0.39 is 0 Å². The molecule has 1 atom stereocenters. The summed E-state index contributed by atoms with van der Waals surface area (Å²) in [7, 11) is 1.78. The van der Waals surface area contributed by atoms with E-state index >= 15 is 0 Å². The highest BCUT2D eigenvalue weighted by atomic mass is 16.2. The second kappa shape index (κ2) is 6.00. The Labute approximate surface area is 103 Å². The van der Waals surface area contributed by atoms with Crippen LogP contribution in [0.3, 0.4) is 0 Å². The largest absolute Gasteiger partial charge is 0.344 e. The van der Waals surface area contributed by atoms with Crippen LogP contribution in [0.2, 0.25) is 0 Å². The summed E-state index contributed by atoms with van der Waals surface area (Å²) in [5, 5.41) is 0. The molecule has 1 unspecified atom stereocenters. The standard InChI is InChI=1S/C12H23N3O2/c1-9(2)10(7-13)12(17)15-6-4-5-14(3)11(16)8-15/h9-10H,4-8,13H2,1-3H3. The minimum Gasteiger partial charge on any atom is -0.344 e. The molecule has 1 aliphatic heterocycles. The molecule has 0 radical (unpaired) electrons. The van der Waals surface area contributed by atoms with Gasteiger partial charge in [0, 0.05) is 26.7 Å². The molecule has 2 N–H and O–H groups in total. The van der Waals surface area contributed by atoms with Crippen molar-refractivity contribution >= 4 is 11.8 Å². The van der Waals surface area contributed by atoms with Crippen LogP contribution in [0.1, 0.15) is 20.3 Å². The van der Waals surface area contributed by atoms with Gasteiger partial charge >= 0.3 is 0 Å². The van der Waals surface area contributed by atoms with Crippen molar-refractivity contribution in [1.29, 1.82) is 0 Å². The van der Waals surface area contributed by atoms with E-state index in [0.29, 0.717) is 13.1 Å². The van der Waals surface area contributed by atoms with E-state index in [9.17, 15) is 9.59 Å². The van der Waals surface area contributed by atoms with Gasteiger partial charge in [0.05, 0.1) is 12.5 Å². The summed E-state index contributed by atoms with van der Waals surface area (Å²) in [5.41, 5.74) is 5.64. The molecule has 1 heterocycles. The monoisotopic (exact) mass is 241 g/mol. The molecule has 0 spiro atoms. The fourth-order valence-corrected chi connectivity index (χ4v) is 2.07. The predicted octanol–water partition coefficient (Wildman–Crippen LogP) is -0.0920. The zero-order valence-electron chi connectivity index (χ0n) is 11.0. The summed E-state index contributed by atoms with van der Waals surface area (Å²) < 4.78 is 0. The number of nitrogens with two attached hydrogens (primary N) is 1. The van der Waals surface area contributed by atoms with Gasteiger partial charge in [-0.3, -0.25) is 9.59 Å². The Bertz CT molecular complexity index is 291. The molecule has 1 rings (SSSR count). The molecule has 17 heavy (non-hydrogen) atoms. The van der Waals surface area contributed by atoms with Gasteiger partial charge in [-0.15, -0.1) is 0 Å².